The third-order valence-electron chi connectivity index (χ3n) is 6.01. The molecule has 2 aliphatic carbocycles. The molecule has 0 N–H and O–H groups in total. The average molecular weight is 384 g/mol. The van der Waals surface area contributed by atoms with E-state index in [9.17, 15) is 14.4 Å². The number of nitrogens with zero attached hydrogens (tertiary/aromatic N) is 2. The van der Waals surface area contributed by atoms with E-state index in [1.807, 2.05) is 6.92 Å². The molecular weight excluding hydrogens is 356 g/mol. The quantitative estimate of drug-likeness (QED) is 0.706. The summed E-state index contributed by atoms with van der Waals surface area (Å²) in [7, 11) is 0. The van der Waals surface area contributed by atoms with Gasteiger partial charge in [-0.3, -0.25) is 14.4 Å². The fourth-order valence-electron chi connectivity index (χ4n) is 4.46. The molecule has 0 bridgehead atoms. The number of rotatable bonds is 6. The first-order chi connectivity index (χ1) is 13.6. The van der Waals surface area contributed by atoms with Gasteiger partial charge in [0.15, 0.2) is 0 Å². The van der Waals surface area contributed by atoms with Crippen LogP contribution < -0.4 is 9.64 Å². The van der Waals surface area contributed by atoms with Crippen molar-refractivity contribution in [2.75, 3.05) is 11.5 Å². The van der Waals surface area contributed by atoms with Crippen LogP contribution in [0.25, 0.3) is 0 Å². The number of amides is 3. The van der Waals surface area contributed by atoms with Crippen molar-refractivity contribution in [2.45, 2.75) is 70.4 Å². The van der Waals surface area contributed by atoms with Crippen molar-refractivity contribution in [2.24, 2.45) is 5.92 Å². The van der Waals surface area contributed by atoms with Gasteiger partial charge >= 0.3 is 0 Å². The zero-order valence-electron chi connectivity index (χ0n) is 16.4. The topological polar surface area (TPSA) is 66.9 Å². The minimum atomic E-state index is -0.652. The predicted molar refractivity (Wildman–Crippen MR) is 105 cm³/mol. The van der Waals surface area contributed by atoms with Crippen LogP contribution in [-0.2, 0) is 14.4 Å². The molecule has 1 saturated heterocycles. The van der Waals surface area contributed by atoms with Crippen molar-refractivity contribution in [3.8, 4) is 5.75 Å². The third kappa shape index (κ3) is 3.64. The number of carbonyl (C=O) groups is 3. The van der Waals surface area contributed by atoms with Gasteiger partial charge in [0, 0.05) is 12.0 Å². The SMILES string of the molecule is CCOc1ccc(N2C(=O)CC(N(C(=O)C3CCCCC3)C3CC3)C2=O)cc1. The predicted octanol–water partition coefficient (Wildman–Crippen LogP) is 3.29. The maximum Gasteiger partial charge on any atom is 0.257 e. The zero-order chi connectivity index (χ0) is 19.7. The van der Waals surface area contributed by atoms with Crippen LogP contribution >= 0.6 is 0 Å². The van der Waals surface area contributed by atoms with Gasteiger partial charge in [0.25, 0.3) is 5.91 Å². The first-order valence-corrected chi connectivity index (χ1v) is 10.5. The second kappa shape index (κ2) is 7.94. The minimum absolute atomic E-state index is 0.0109. The lowest BCUT2D eigenvalue weighted by Crippen LogP contribution is -2.49. The van der Waals surface area contributed by atoms with Crippen LogP contribution in [0.4, 0.5) is 5.69 Å². The number of ether oxygens (including phenoxy) is 1. The monoisotopic (exact) mass is 384 g/mol. The Morgan fingerprint density at radius 1 is 1.07 bits per heavy atom. The summed E-state index contributed by atoms with van der Waals surface area (Å²) >= 11 is 0. The van der Waals surface area contributed by atoms with E-state index in [1.54, 1.807) is 29.2 Å². The molecule has 1 aromatic rings. The maximum atomic E-state index is 13.2. The van der Waals surface area contributed by atoms with Crippen LogP contribution in [0.2, 0.25) is 0 Å². The second-order valence-electron chi connectivity index (χ2n) is 8.03. The normalized spacial score (nSPS) is 23.2. The van der Waals surface area contributed by atoms with E-state index in [0.717, 1.165) is 38.5 Å². The van der Waals surface area contributed by atoms with Crippen molar-refractivity contribution in [1.82, 2.24) is 4.90 Å². The summed E-state index contributed by atoms with van der Waals surface area (Å²) in [5, 5.41) is 0. The molecule has 6 heteroatoms. The summed E-state index contributed by atoms with van der Waals surface area (Å²) in [5.41, 5.74) is 0.543. The van der Waals surface area contributed by atoms with Crippen molar-refractivity contribution >= 4 is 23.4 Å². The molecular formula is C22H28N2O4. The molecule has 1 unspecified atom stereocenters. The van der Waals surface area contributed by atoms with E-state index in [2.05, 4.69) is 0 Å². The van der Waals surface area contributed by atoms with E-state index in [0.29, 0.717) is 18.0 Å². The minimum Gasteiger partial charge on any atom is -0.494 e. The molecule has 4 rings (SSSR count). The molecule has 1 heterocycles. The molecule has 3 fully saturated rings. The van der Waals surface area contributed by atoms with Crippen LogP contribution in [0, 0.1) is 5.92 Å². The van der Waals surface area contributed by atoms with Gasteiger partial charge in [0.2, 0.25) is 11.8 Å². The van der Waals surface area contributed by atoms with Crippen molar-refractivity contribution in [3.05, 3.63) is 24.3 Å². The number of benzene rings is 1. The van der Waals surface area contributed by atoms with E-state index in [4.69, 9.17) is 4.74 Å². The summed E-state index contributed by atoms with van der Waals surface area (Å²) in [6.07, 6.45) is 7.08. The molecule has 2 saturated carbocycles. The summed E-state index contributed by atoms with van der Waals surface area (Å²) < 4.78 is 5.43. The van der Waals surface area contributed by atoms with Gasteiger partial charge in [-0.2, -0.15) is 0 Å². The smallest absolute Gasteiger partial charge is 0.257 e. The Bertz CT molecular complexity index is 750. The number of hydrogen-bond acceptors (Lipinski definition) is 4. The van der Waals surface area contributed by atoms with Crippen molar-refractivity contribution < 1.29 is 19.1 Å². The van der Waals surface area contributed by atoms with Crippen LogP contribution in [-0.4, -0.2) is 41.3 Å². The summed E-state index contributed by atoms with van der Waals surface area (Å²) in [6, 6.07) is 6.45. The van der Waals surface area contributed by atoms with Crippen LogP contribution in [0.1, 0.15) is 58.3 Å². The first-order valence-electron chi connectivity index (χ1n) is 10.5. The number of anilines is 1. The first kappa shape index (κ1) is 19.0. The molecule has 150 valence electrons. The molecule has 0 aromatic heterocycles. The Labute approximate surface area is 165 Å². The second-order valence-corrected chi connectivity index (χ2v) is 8.03. The fraction of sp³-hybridized carbons (Fsp3) is 0.591. The molecule has 0 radical (unpaired) electrons. The Morgan fingerprint density at radius 3 is 2.36 bits per heavy atom. The lowest BCUT2D eigenvalue weighted by Gasteiger charge is -2.32. The molecule has 28 heavy (non-hydrogen) atoms. The van der Waals surface area contributed by atoms with Crippen LogP contribution in [0.15, 0.2) is 24.3 Å². The maximum absolute atomic E-state index is 13.2. The highest BCUT2D eigenvalue weighted by atomic mass is 16.5. The third-order valence-corrected chi connectivity index (χ3v) is 6.01. The number of carbonyl (C=O) groups excluding carboxylic acids is 3. The zero-order valence-corrected chi connectivity index (χ0v) is 16.4. The fourth-order valence-corrected chi connectivity index (χ4v) is 4.46. The average Bonchev–Trinajstić information content (AvgIpc) is 3.50. The highest BCUT2D eigenvalue weighted by molar-refractivity contribution is 6.23. The standard InChI is InChI=1S/C22H28N2O4/c1-2-28-18-12-10-17(11-13-18)24-20(25)14-19(22(24)27)23(16-8-9-16)21(26)15-6-4-3-5-7-15/h10-13,15-16,19H,2-9,14H2,1H3. The Morgan fingerprint density at radius 2 is 1.75 bits per heavy atom. The highest BCUT2D eigenvalue weighted by Gasteiger charge is 2.49. The van der Waals surface area contributed by atoms with Crippen molar-refractivity contribution in [3.63, 3.8) is 0 Å². The van der Waals surface area contributed by atoms with E-state index >= 15 is 0 Å². The molecule has 3 amide bonds. The molecule has 1 atom stereocenters. The van der Waals surface area contributed by atoms with Gasteiger partial charge in [0.1, 0.15) is 11.8 Å². The van der Waals surface area contributed by atoms with Crippen LogP contribution in [0.3, 0.4) is 0 Å². The number of hydrogen-bond donors (Lipinski definition) is 0. The Balaban J connectivity index is 1.53. The number of imide groups is 1. The molecule has 3 aliphatic rings. The van der Waals surface area contributed by atoms with Gasteiger partial charge in [-0.25, -0.2) is 4.90 Å². The molecule has 0 spiro atoms. The van der Waals surface area contributed by atoms with E-state index in [-0.39, 0.29) is 36.1 Å². The van der Waals surface area contributed by atoms with Crippen molar-refractivity contribution in [1.29, 1.82) is 0 Å². The van der Waals surface area contributed by atoms with Gasteiger partial charge in [-0.05, 0) is 56.9 Å². The Kier molecular flexibility index (Phi) is 5.38. The lowest BCUT2D eigenvalue weighted by atomic mass is 9.88. The van der Waals surface area contributed by atoms with Gasteiger partial charge < -0.3 is 9.64 Å². The summed E-state index contributed by atoms with van der Waals surface area (Å²) in [5.74, 6) is 0.291. The van der Waals surface area contributed by atoms with Gasteiger partial charge in [0.05, 0.1) is 18.7 Å². The Hall–Kier alpha value is -2.37. The lowest BCUT2D eigenvalue weighted by molar-refractivity contribution is -0.143. The highest BCUT2D eigenvalue weighted by Crippen LogP contribution is 2.37. The van der Waals surface area contributed by atoms with Gasteiger partial charge in [-0.15, -0.1) is 0 Å². The molecule has 1 aliphatic heterocycles. The van der Waals surface area contributed by atoms with Gasteiger partial charge in [-0.1, -0.05) is 19.3 Å². The molecule has 6 nitrogen and oxygen atoms in total. The largest absolute Gasteiger partial charge is 0.494 e. The summed E-state index contributed by atoms with van der Waals surface area (Å²) in [6.45, 7) is 2.46. The summed E-state index contributed by atoms with van der Waals surface area (Å²) in [4.78, 5) is 42.1. The van der Waals surface area contributed by atoms with E-state index < -0.39 is 6.04 Å². The van der Waals surface area contributed by atoms with Crippen LogP contribution in [0.5, 0.6) is 5.75 Å². The molecule has 1 aromatic carbocycles. The van der Waals surface area contributed by atoms with E-state index in [1.165, 1.54) is 11.3 Å².